The zero-order chi connectivity index (χ0) is 9.97. The molecule has 0 atom stereocenters. The van der Waals surface area contributed by atoms with Gasteiger partial charge in [-0.2, -0.15) is 0 Å². The van der Waals surface area contributed by atoms with Crippen LogP contribution < -0.4 is 5.56 Å². The topological polar surface area (TPSA) is 45.8 Å². The fourth-order valence-electron chi connectivity index (χ4n) is 1.12. The Hall–Kier alpha value is -1.61. The molecule has 70 valence electrons. The summed E-state index contributed by atoms with van der Waals surface area (Å²) in [5.74, 6) is 0.550. The summed E-state index contributed by atoms with van der Waals surface area (Å²) in [5.41, 5.74) is 0.678. The molecule has 0 radical (unpaired) electrons. The lowest BCUT2D eigenvalue weighted by Crippen LogP contribution is -2.05. The number of hydrogen-bond acceptors (Lipinski definition) is 2. The van der Waals surface area contributed by atoms with Gasteiger partial charge in [0.15, 0.2) is 0 Å². The minimum atomic E-state index is -0.162. The van der Waals surface area contributed by atoms with Crippen LogP contribution in [-0.4, -0.2) is 9.97 Å². The van der Waals surface area contributed by atoms with Gasteiger partial charge in [0.2, 0.25) is 0 Å². The third-order valence-electron chi connectivity index (χ3n) is 1.79. The van der Waals surface area contributed by atoms with Crippen LogP contribution in [0, 0.1) is 0 Å². The van der Waals surface area contributed by atoms with Crippen molar-refractivity contribution >= 4 is 11.6 Å². The Balaban J connectivity index is 2.50. The number of aromatic nitrogens is 2. The highest BCUT2D eigenvalue weighted by Crippen LogP contribution is 2.16. The molecule has 0 aliphatic carbocycles. The van der Waals surface area contributed by atoms with Crippen LogP contribution in [0.1, 0.15) is 0 Å². The molecule has 1 N–H and O–H groups in total. The van der Waals surface area contributed by atoms with E-state index in [1.54, 1.807) is 24.3 Å². The summed E-state index contributed by atoms with van der Waals surface area (Å²) in [6.45, 7) is 0. The van der Waals surface area contributed by atoms with Gasteiger partial charge in [-0.15, -0.1) is 0 Å². The van der Waals surface area contributed by atoms with Crippen LogP contribution in [0.15, 0.2) is 41.3 Å². The molecule has 3 nitrogen and oxygen atoms in total. The van der Waals surface area contributed by atoms with Crippen LogP contribution in [0.5, 0.6) is 0 Å². The van der Waals surface area contributed by atoms with Crippen LogP contribution in [0.2, 0.25) is 5.02 Å². The monoisotopic (exact) mass is 206 g/mol. The van der Waals surface area contributed by atoms with E-state index in [2.05, 4.69) is 9.97 Å². The number of hydrogen-bond donors (Lipinski definition) is 1. The molecule has 1 heterocycles. The van der Waals surface area contributed by atoms with Crippen LogP contribution in [-0.2, 0) is 0 Å². The van der Waals surface area contributed by atoms with Crippen molar-refractivity contribution in [1.82, 2.24) is 9.97 Å². The highest BCUT2D eigenvalue weighted by molar-refractivity contribution is 6.30. The molecule has 0 fully saturated rings. The maximum atomic E-state index is 11.0. The standard InChI is InChI=1S/C10H7ClN2O/c11-8-3-1-7(2-4-8)10-12-6-5-9(14)13-10/h1-6H,(H,12,13,14). The number of nitrogens with zero attached hydrogens (tertiary/aromatic N) is 1. The van der Waals surface area contributed by atoms with E-state index in [4.69, 9.17) is 11.6 Å². The van der Waals surface area contributed by atoms with Crippen LogP contribution in [0.4, 0.5) is 0 Å². The van der Waals surface area contributed by atoms with Crippen LogP contribution in [0.25, 0.3) is 11.4 Å². The zero-order valence-electron chi connectivity index (χ0n) is 7.20. The van der Waals surface area contributed by atoms with Crippen molar-refractivity contribution in [1.29, 1.82) is 0 Å². The molecule has 2 aromatic rings. The lowest BCUT2D eigenvalue weighted by molar-refractivity contribution is 1.13. The molecule has 2 rings (SSSR count). The normalized spacial score (nSPS) is 10.1. The van der Waals surface area contributed by atoms with Gasteiger partial charge < -0.3 is 4.98 Å². The molecule has 4 heteroatoms. The van der Waals surface area contributed by atoms with Gasteiger partial charge in [-0.1, -0.05) is 11.6 Å². The smallest absolute Gasteiger partial charge is 0.251 e. The lowest BCUT2D eigenvalue weighted by Gasteiger charge is -1.98. The SMILES string of the molecule is O=c1ccnc(-c2ccc(Cl)cc2)[nH]1. The molecular weight excluding hydrogens is 200 g/mol. The van der Waals surface area contributed by atoms with Crippen molar-refractivity contribution in [2.75, 3.05) is 0 Å². The van der Waals surface area contributed by atoms with E-state index in [9.17, 15) is 4.79 Å². The Kier molecular flexibility index (Phi) is 2.33. The molecule has 0 saturated carbocycles. The molecule has 1 aromatic heterocycles. The van der Waals surface area contributed by atoms with E-state index in [1.807, 2.05) is 0 Å². The van der Waals surface area contributed by atoms with Crippen molar-refractivity contribution < 1.29 is 0 Å². The van der Waals surface area contributed by atoms with Crippen molar-refractivity contribution in [3.05, 3.63) is 51.9 Å². The van der Waals surface area contributed by atoms with E-state index in [0.717, 1.165) is 5.56 Å². The fourth-order valence-corrected chi connectivity index (χ4v) is 1.25. The van der Waals surface area contributed by atoms with E-state index >= 15 is 0 Å². The number of benzene rings is 1. The summed E-state index contributed by atoms with van der Waals surface area (Å²) >= 11 is 5.74. The van der Waals surface area contributed by atoms with Gasteiger partial charge in [0.05, 0.1) is 0 Å². The minimum absolute atomic E-state index is 0.162. The fraction of sp³-hybridized carbons (Fsp3) is 0. The van der Waals surface area contributed by atoms with Crippen molar-refractivity contribution in [2.45, 2.75) is 0 Å². The number of rotatable bonds is 1. The molecule has 1 aromatic carbocycles. The number of H-pyrrole nitrogens is 1. The molecule has 0 spiro atoms. The Morgan fingerprint density at radius 3 is 2.50 bits per heavy atom. The van der Waals surface area contributed by atoms with E-state index < -0.39 is 0 Å². The van der Waals surface area contributed by atoms with E-state index in [1.165, 1.54) is 12.3 Å². The summed E-state index contributed by atoms with van der Waals surface area (Å²) < 4.78 is 0. The molecule has 0 bridgehead atoms. The van der Waals surface area contributed by atoms with Gasteiger partial charge in [-0.05, 0) is 24.3 Å². The van der Waals surface area contributed by atoms with Crippen molar-refractivity contribution in [3.63, 3.8) is 0 Å². The molecule has 0 aliphatic heterocycles. The van der Waals surface area contributed by atoms with Crippen molar-refractivity contribution in [2.24, 2.45) is 0 Å². The Morgan fingerprint density at radius 2 is 1.86 bits per heavy atom. The first-order chi connectivity index (χ1) is 6.75. The summed E-state index contributed by atoms with van der Waals surface area (Å²) in [7, 11) is 0. The van der Waals surface area contributed by atoms with Gasteiger partial charge in [-0.25, -0.2) is 4.98 Å². The van der Waals surface area contributed by atoms with Gasteiger partial charge in [0.1, 0.15) is 5.82 Å². The number of halogens is 1. The average Bonchev–Trinajstić information content (AvgIpc) is 2.19. The molecule has 0 unspecified atom stereocenters. The molecule has 14 heavy (non-hydrogen) atoms. The summed E-state index contributed by atoms with van der Waals surface area (Å²) in [6.07, 6.45) is 1.47. The highest BCUT2D eigenvalue weighted by Gasteiger charge is 1.98. The Bertz CT molecular complexity index is 490. The predicted octanol–water partition coefficient (Wildman–Crippen LogP) is 2.09. The maximum Gasteiger partial charge on any atom is 0.251 e. The number of nitrogens with one attached hydrogen (secondary N) is 1. The molecule has 0 saturated heterocycles. The average molecular weight is 207 g/mol. The second kappa shape index (κ2) is 3.64. The maximum absolute atomic E-state index is 11.0. The second-order valence-corrected chi connectivity index (χ2v) is 3.23. The molecule has 0 amide bonds. The quantitative estimate of drug-likeness (QED) is 0.777. The lowest BCUT2D eigenvalue weighted by atomic mass is 10.2. The third kappa shape index (κ3) is 1.83. The van der Waals surface area contributed by atoms with Crippen LogP contribution in [0.3, 0.4) is 0 Å². The van der Waals surface area contributed by atoms with E-state index in [-0.39, 0.29) is 5.56 Å². The van der Waals surface area contributed by atoms with Gasteiger partial charge in [-0.3, -0.25) is 4.79 Å². The number of aromatic amines is 1. The van der Waals surface area contributed by atoms with E-state index in [0.29, 0.717) is 10.8 Å². The first kappa shape index (κ1) is 8.97. The van der Waals surface area contributed by atoms with Gasteiger partial charge in [0, 0.05) is 22.8 Å². The summed E-state index contributed by atoms with van der Waals surface area (Å²) in [6, 6.07) is 8.49. The van der Waals surface area contributed by atoms with Crippen LogP contribution >= 0.6 is 11.6 Å². The predicted molar refractivity (Wildman–Crippen MR) is 55.3 cm³/mol. The Labute approximate surface area is 85.4 Å². The summed E-state index contributed by atoms with van der Waals surface area (Å²) in [5, 5.41) is 0.659. The Morgan fingerprint density at radius 1 is 1.14 bits per heavy atom. The largest absolute Gasteiger partial charge is 0.307 e. The molecule has 0 aliphatic rings. The van der Waals surface area contributed by atoms with Gasteiger partial charge >= 0.3 is 0 Å². The highest BCUT2D eigenvalue weighted by atomic mass is 35.5. The summed E-state index contributed by atoms with van der Waals surface area (Å²) in [4.78, 5) is 17.7. The van der Waals surface area contributed by atoms with Crippen molar-refractivity contribution in [3.8, 4) is 11.4 Å². The first-order valence-corrected chi connectivity index (χ1v) is 4.45. The third-order valence-corrected chi connectivity index (χ3v) is 2.04. The minimum Gasteiger partial charge on any atom is -0.307 e. The molecular formula is C10H7ClN2O. The zero-order valence-corrected chi connectivity index (χ0v) is 7.95. The van der Waals surface area contributed by atoms with Gasteiger partial charge in [0.25, 0.3) is 5.56 Å². The second-order valence-electron chi connectivity index (χ2n) is 2.79. The first-order valence-electron chi connectivity index (χ1n) is 4.07.